The Balaban J connectivity index is 1.33. The van der Waals surface area contributed by atoms with Crippen molar-refractivity contribution in [2.45, 2.75) is 87.5 Å². The zero-order chi connectivity index (χ0) is 36.0. The normalized spacial score (nSPS) is 30.9. The molecule has 0 spiro atoms. The molecule has 2 aliphatic heterocycles. The van der Waals surface area contributed by atoms with E-state index in [-0.39, 0.29) is 44.0 Å². The minimum absolute atomic E-state index is 0.0412. The van der Waals surface area contributed by atoms with E-state index in [1.54, 1.807) is 44.5 Å². The van der Waals surface area contributed by atoms with Crippen LogP contribution < -0.4 is 24.8 Å². The molecule has 7 atom stereocenters. The maximum atomic E-state index is 14.7. The molecular weight excluding hydrogens is 673 g/mol. The van der Waals surface area contributed by atoms with Crippen molar-refractivity contribution in [3.8, 4) is 11.6 Å². The number of hydrogen-bond donors (Lipinski definition) is 4. The molecule has 3 fully saturated rings. The predicted molar refractivity (Wildman–Crippen MR) is 178 cm³/mol. The molecule has 2 aromatic rings. The Morgan fingerprint density at radius 3 is 2.62 bits per heavy atom. The third-order valence-electron chi connectivity index (χ3n) is 10.3. The van der Waals surface area contributed by atoms with Crippen molar-refractivity contribution in [3.63, 3.8) is 0 Å². The molecule has 3 heterocycles. The van der Waals surface area contributed by atoms with Crippen LogP contribution in [0.25, 0.3) is 10.8 Å². The molecule has 4 aliphatic rings. The van der Waals surface area contributed by atoms with E-state index < -0.39 is 74.4 Å². The minimum atomic E-state index is -4.66. The van der Waals surface area contributed by atoms with E-state index in [1.807, 2.05) is 23.8 Å². The van der Waals surface area contributed by atoms with E-state index in [2.05, 4.69) is 15.6 Å². The molecule has 2 saturated carbocycles. The van der Waals surface area contributed by atoms with Gasteiger partial charge in [-0.2, -0.15) is 0 Å². The number of carboxylic acid groups (broad SMARTS) is 1. The van der Waals surface area contributed by atoms with Gasteiger partial charge >= 0.3 is 6.09 Å². The van der Waals surface area contributed by atoms with Crippen molar-refractivity contribution >= 4 is 44.6 Å². The first-order valence-electron chi connectivity index (χ1n) is 16.8. The first-order valence-corrected chi connectivity index (χ1v) is 18.3. The standard InChI is InChI=1S/C34H42FN5O9S/c1-19-6-4-5-7-22-17-34(22,31(43)39-50(46,47)33(35)11-12-33)38-28(41)26-16-24(18-40(26)30(42)27(20(2)14-19)37-32(44)45)49-29-25-9-8-23(48-3)15-21(25)10-13-36-29/h5,7-10,13,15,19-20,22,24,26-27,37H,4,6,11-12,14,16-18H2,1-3H3,(H,38,41)(H,39,43)(H,44,45)/t19-,20-,22-,24-,26+,27+,34-/m1/s1. The third kappa shape index (κ3) is 6.94. The molecule has 1 aromatic heterocycles. The summed E-state index contributed by atoms with van der Waals surface area (Å²) in [4.78, 5) is 59.6. The summed E-state index contributed by atoms with van der Waals surface area (Å²) in [6.07, 6.45) is 4.35. The van der Waals surface area contributed by atoms with Gasteiger partial charge in [0.15, 0.2) is 0 Å². The lowest BCUT2D eigenvalue weighted by atomic mass is 9.88. The largest absolute Gasteiger partial charge is 0.497 e. The summed E-state index contributed by atoms with van der Waals surface area (Å²) in [7, 11) is -3.11. The number of methoxy groups -OCH3 is 1. The molecule has 6 rings (SSSR count). The fourth-order valence-corrected chi connectivity index (χ4v) is 8.38. The van der Waals surface area contributed by atoms with Crippen LogP contribution in [0.4, 0.5) is 9.18 Å². The molecule has 1 saturated heterocycles. The van der Waals surface area contributed by atoms with Gasteiger partial charge in [0.1, 0.15) is 29.5 Å². The molecule has 2 aliphatic carbocycles. The van der Waals surface area contributed by atoms with E-state index in [0.717, 1.165) is 5.39 Å². The molecule has 16 heteroatoms. The summed E-state index contributed by atoms with van der Waals surface area (Å²) in [6.45, 7) is 3.67. The van der Waals surface area contributed by atoms with Gasteiger partial charge in [-0.25, -0.2) is 27.3 Å². The lowest BCUT2D eigenvalue weighted by Gasteiger charge is -2.32. The van der Waals surface area contributed by atoms with Crippen LogP contribution in [0.15, 0.2) is 42.6 Å². The van der Waals surface area contributed by atoms with Gasteiger partial charge in [-0.1, -0.05) is 26.0 Å². The zero-order valence-corrected chi connectivity index (χ0v) is 28.9. The Morgan fingerprint density at radius 1 is 1.16 bits per heavy atom. The molecule has 14 nitrogen and oxygen atoms in total. The van der Waals surface area contributed by atoms with Crippen molar-refractivity contribution in [3.05, 3.63) is 42.6 Å². The van der Waals surface area contributed by atoms with Gasteiger partial charge < -0.3 is 30.1 Å². The number of sulfonamides is 1. The minimum Gasteiger partial charge on any atom is -0.497 e. The fourth-order valence-electron chi connectivity index (χ4n) is 7.13. The lowest BCUT2D eigenvalue weighted by molar-refractivity contribution is -0.142. The monoisotopic (exact) mass is 715 g/mol. The quantitative estimate of drug-likeness (QED) is 0.310. The van der Waals surface area contributed by atoms with Gasteiger partial charge in [0.05, 0.1) is 13.7 Å². The Bertz CT molecular complexity index is 1840. The highest BCUT2D eigenvalue weighted by Gasteiger charge is 2.64. The van der Waals surface area contributed by atoms with Gasteiger partial charge in [0.2, 0.25) is 22.7 Å². The van der Waals surface area contributed by atoms with Crippen LogP contribution in [0.2, 0.25) is 0 Å². The Kier molecular flexibility index (Phi) is 9.43. The number of allylic oxidation sites excluding steroid dienone is 1. The number of fused-ring (bicyclic) bond motifs is 3. The van der Waals surface area contributed by atoms with Crippen LogP contribution in [0.1, 0.15) is 58.8 Å². The number of rotatable bonds is 7. The number of ether oxygens (including phenoxy) is 2. The van der Waals surface area contributed by atoms with Crippen LogP contribution >= 0.6 is 0 Å². The van der Waals surface area contributed by atoms with Crippen LogP contribution in [-0.4, -0.2) is 89.6 Å². The molecule has 270 valence electrons. The zero-order valence-electron chi connectivity index (χ0n) is 28.1. The van der Waals surface area contributed by atoms with E-state index in [9.17, 15) is 37.1 Å². The van der Waals surface area contributed by atoms with Crippen molar-refractivity contribution < 1.29 is 46.6 Å². The Morgan fingerprint density at radius 2 is 1.92 bits per heavy atom. The highest BCUT2D eigenvalue weighted by molar-refractivity contribution is 7.91. The van der Waals surface area contributed by atoms with Gasteiger partial charge in [-0.3, -0.25) is 14.4 Å². The first kappa shape index (κ1) is 35.4. The number of aromatic nitrogens is 1. The third-order valence-corrected chi connectivity index (χ3v) is 12.1. The number of halogens is 1. The predicted octanol–water partition coefficient (Wildman–Crippen LogP) is 3.02. The van der Waals surface area contributed by atoms with Gasteiger partial charge in [-0.05, 0) is 67.2 Å². The summed E-state index contributed by atoms with van der Waals surface area (Å²) in [5, 5.41) is 13.7. The van der Waals surface area contributed by atoms with Crippen molar-refractivity contribution in [2.75, 3.05) is 13.7 Å². The molecule has 4 N–H and O–H groups in total. The second kappa shape index (κ2) is 13.3. The number of pyridine rings is 1. The fraction of sp³-hybridized carbons (Fsp3) is 0.559. The van der Waals surface area contributed by atoms with Crippen molar-refractivity contribution in [2.24, 2.45) is 17.8 Å². The first-order chi connectivity index (χ1) is 23.7. The summed E-state index contributed by atoms with van der Waals surface area (Å²) in [5.41, 5.74) is -1.70. The number of amides is 4. The molecular formula is C34H42FN5O9S. The SMILES string of the molecule is COc1ccc2c(O[C@@H]3C[C@H]4C(=O)N[C@]5(C(=O)NS(=O)(=O)C6(F)CC6)C[C@H]5C=CCC[C@@H](C)C[C@@H](C)[C@H](NC(=O)O)C(=O)N4C3)nccc2c1. The van der Waals surface area contributed by atoms with E-state index in [4.69, 9.17) is 9.47 Å². The highest BCUT2D eigenvalue weighted by atomic mass is 32.2. The average Bonchev–Trinajstić information content (AvgIpc) is 3.95. The van der Waals surface area contributed by atoms with Crippen LogP contribution in [0.3, 0.4) is 0 Å². The average molecular weight is 716 g/mol. The lowest BCUT2D eigenvalue weighted by Crippen LogP contribution is -2.59. The van der Waals surface area contributed by atoms with E-state index in [0.29, 0.717) is 30.4 Å². The van der Waals surface area contributed by atoms with Crippen LogP contribution in [-0.2, 0) is 24.4 Å². The molecule has 4 amide bonds. The van der Waals surface area contributed by atoms with E-state index >= 15 is 0 Å². The summed E-state index contributed by atoms with van der Waals surface area (Å²) in [6, 6.07) is 4.70. The van der Waals surface area contributed by atoms with E-state index in [1.165, 1.54) is 4.90 Å². The summed E-state index contributed by atoms with van der Waals surface area (Å²) >= 11 is 0. The maximum Gasteiger partial charge on any atom is 0.405 e. The maximum absolute atomic E-state index is 14.7. The molecule has 0 radical (unpaired) electrons. The number of nitrogens with zero attached hydrogens (tertiary/aromatic N) is 2. The number of nitrogens with one attached hydrogen (secondary N) is 3. The second-order valence-electron chi connectivity index (χ2n) is 14.0. The second-order valence-corrected chi connectivity index (χ2v) is 16.0. The number of alkyl halides is 1. The number of carbonyl (C=O) groups excluding carboxylic acids is 3. The smallest absolute Gasteiger partial charge is 0.405 e. The van der Waals surface area contributed by atoms with Gasteiger partial charge in [0, 0.05) is 36.8 Å². The summed E-state index contributed by atoms with van der Waals surface area (Å²) < 4.78 is 53.5. The molecule has 0 bridgehead atoms. The van der Waals surface area contributed by atoms with Crippen LogP contribution in [0.5, 0.6) is 11.6 Å². The summed E-state index contributed by atoms with van der Waals surface area (Å²) in [5.74, 6) is -2.50. The number of benzene rings is 1. The van der Waals surface area contributed by atoms with Gasteiger partial charge in [0.25, 0.3) is 15.9 Å². The highest BCUT2D eigenvalue weighted by Crippen LogP contribution is 2.48. The molecule has 50 heavy (non-hydrogen) atoms. The Hall–Kier alpha value is -4.47. The number of hydrogen-bond acceptors (Lipinski definition) is 9. The molecule has 1 aromatic carbocycles. The number of carbonyl (C=O) groups is 4. The van der Waals surface area contributed by atoms with Crippen molar-refractivity contribution in [1.82, 2.24) is 25.2 Å². The van der Waals surface area contributed by atoms with Crippen molar-refractivity contribution in [1.29, 1.82) is 0 Å². The van der Waals surface area contributed by atoms with Crippen LogP contribution in [0, 0.1) is 17.8 Å². The molecule has 0 unspecified atom stereocenters. The Labute approximate surface area is 289 Å². The topological polar surface area (TPSA) is 193 Å². The van der Waals surface area contributed by atoms with Gasteiger partial charge in [-0.15, -0.1) is 0 Å².